The van der Waals surface area contributed by atoms with Crippen molar-refractivity contribution in [3.63, 3.8) is 0 Å². The Hall–Kier alpha value is -1.25. The second-order valence-electron chi connectivity index (χ2n) is 6.27. The van der Waals surface area contributed by atoms with Gasteiger partial charge in [-0.2, -0.15) is 0 Å². The average Bonchev–Trinajstić information content (AvgIpc) is 2.82. The van der Waals surface area contributed by atoms with E-state index < -0.39 is 5.97 Å². The van der Waals surface area contributed by atoms with Crippen molar-refractivity contribution in [1.29, 1.82) is 0 Å². The van der Waals surface area contributed by atoms with Crippen molar-refractivity contribution in [3.05, 3.63) is 23.2 Å². The zero-order chi connectivity index (χ0) is 16.2. The van der Waals surface area contributed by atoms with Crippen LogP contribution in [0, 0.1) is 6.92 Å². The molecule has 0 aliphatic heterocycles. The zero-order valence-electron chi connectivity index (χ0n) is 14.3. The predicted molar refractivity (Wildman–Crippen MR) is 87.7 cm³/mol. The highest BCUT2D eigenvalue weighted by Gasteiger charge is 2.07. The zero-order valence-corrected chi connectivity index (χ0v) is 14.3. The van der Waals surface area contributed by atoms with E-state index in [1.165, 1.54) is 37.7 Å². The van der Waals surface area contributed by atoms with Crippen LogP contribution in [-0.2, 0) is 17.6 Å². The molecule has 3 nitrogen and oxygen atoms in total. The van der Waals surface area contributed by atoms with Crippen LogP contribution >= 0.6 is 0 Å². The summed E-state index contributed by atoms with van der Waals surface area (Å²) in [5.41, 5.74) is 1.29. The molecule has 0 bridgehead atoms. The van der Waals surface area contributed by atoms with E-state index in [4.69, 9.17) is 4.42 Å². The number of aryl methyl sites for hydroxylation is 3. The van der Waals surface area contributed by atoms with Crippen LogP contribution in [-0.4, -0.2) is 5.97 Å². The van der Waals surface area contributed by atoms with Gasteiger partial charge in [-0.15, -0.1) is 0 Å². The van der Waals surface area contributed by atoms with Crippen molar-refractivity contribution in [2.24, 2.45) is 0 Å². The molecular formula is C19H31O3-. The molecule has 0 atom stereocenters. The molecule has 0 aliphatic rings. The second kappa shape index (κ2) is 11.3. The molecule has 0 amide bonds. The van der Waals surface area contributed by atoms with E-state index >= 15 is 0 Å². The summed E-state index contributed by atoms with van der Waals surface area (Å²) in [7, 11) is 0. The van der Waals surface area contributed by atoms with Crippen molar-refractivity contribution < 1.29 is 14.3 Å². The van der Waals surface area contributed by atoms with Gasteiger partial charge in [0.2, 0.25) is 0 Å². The van der Waals surface area contributed by atoms with E-state index in [2.05, 4.69) is 19.9 Å². The lowest BCUT2D eigenvalue weighted by molar-refractivity contribution is -0.305. The first kappa shape index (κ1) is 18.8. The fraction of sp³-hybridized carbons (Fsp3) is 0.737. The standard InChI is InChI=1S/C19H32O3/c1-3-4-9-12-17-15-16(2)18(22-17)13-10-7-5-6-8-11-14-19(20)21/h15H,3-14H2,1-2H3,(H,20,21)/p-1. The number of rotatable bonds is 13. The van der Waals surface area contributed by atoms with Crippen LogP contribution in [0.3, 0.4) is 0 Å². The predicted octanol–water partition coefficient (Wildman–Crippen LogP) is 4.34. The lowest BCUT2D eigenvalue weighted by atomic mass is 10.1. The number of furan rings is 1. The third-order valence-corrected chi connectivity index (χ3v) is 4.13. The van der Waals surface area contributed by atoms with Crippen LogP contribution in [0.25, 0.3) is 0 Å². The van der Waals surface area contributed by atoms with Gasteiger partial charge in [0.05, 0.1) is 0 Å². The molecule has 0 saturated heterocycles. The van der Waals surface area contributed by atoms with Crippen LogP contribution in [0.5, 0.6) is 0 Å². The molecule has 1 aromatic heterocycles. The summed E-state index contributed by atoms with van der Waals surface area (Å²) >= 11 is 0. The molecule has 0 N–H and O–H groups in total. The fourth-order valence-electron chi connectivity index (χ4n) is 2.77. The molecule has 0 unspecified atom stereocenters. The number of carboxylic acid groups (broad SMARTS) is 1. The summed E-state index contributed by atoms with van der Waals surface area (Å²) in [6.45, 7) is 4.36. The highest BCUT2D eigenvalue weighted by molar-refractivity contribution is 5.64. The molecule has 0 aromatic carbocycles. The molecule has 0 fully saturated rings. The Labute approximate surface area is 135 Å². The van der Waals surface area contributed by atoms with Gasteiger partial charge in [0, 0.05) is 18.8 Å². The van der Waals surface area contributed by atoms with Gasteiger partial charge in [-0.1, -0.05) is 45.4 Å². The van der Waals surface area contributed by atoms with E-state index in [0.717, 1.165) is 50.0 Å². The van der Waals surface area contributed by atoms with E-state index in [0.29, 0.717) is 0 Å². The Morgan fingerprint density at radius 2 is 1.64 bits per heavy atom. The topological polar surface area (TPSA) is 53.3 Å². The lowest BCUT2D eigenvalue weighted by Crippen LogP contribution is -2.21. The fourth-order valence-corrected chi connectivity index (χ4v) is 2.77. The molecular weight excluding hydrogens is 276 g/mol. The van der Waals surface area contributed by atoms with Gasteiger partial charge in [0.15, 0.2) is 0 Å². The quantitative estimate of drug-likeness (QED) is 0.509. The maximum Gasteiger partial charge on any atom is 0.107 e. The minimum Gasteiger partial charge on any atom is -0.550 e. The molecule has 0 radical (unpaired) electrons. The summed E-state index contributed by atoms with van der Waals surface area (Å²) in [4.78, 5) is 10.3. The molecule has 1 aromatic rings. The lowest BCUT2D eigenvalue weighted by Gasteiger charge is -2.03. The van der Waals surface area contributed by atoms with E-state index in [-0.39, 0.29) is 6.42 Å². The molecule has 22 heavy (non-hydrogen) atoms. The van der Waals surface area contributed by atoms with Crippen LogP contribution in [0.4, 0.5) is 0 Å². The first-order chi connectivity index (χ1) is 10.6. The highest BCUT2D eigenvalue weighted by atomic mass is 16.4. The van der Waals surface area contributed by atoms with E-state index in [1.54, 1.807) is 0 Å². The normalized spacial score (nSPS) is 11.0. The van der Waals surface area contributed by atoms with Crippen molar-refractivity contribution >= 4 is 5.97 Å². The van der Waals surface area contributed by atoms with Gasteiger partial charge in [0.25, 0.3) is 0 Å². The minimum absolute atomic E-state index is 0.201. The first-order valence-corrected chi connectivity index (χ1v) is 8.91. The number of carbonyl (C=O) groups excluding carboxylic acids is 1. The van der Waals surface area contributed by atoms with Crippen molar-refractivity contribution in [2.75, 3.05) is 0 Å². The largest absolute Gasteiger partial charge is 0.550 e. The summed E-state index contributed by atoms with van der Waals surface area (Å²) in [6.07, 6.45) is 12.4. The summed E-state index contributed by atoms with van der Waals surface area (Å²) in [6, 6.07) is 2.20. The SMILES string of the molecule is CCCCCc1cc(C)c(CCCCCCCCC(=O)[O-])o1. The van der Waals surface area contributed by atoms with Crippen molar-refractivity contribution in [2.45, 2.75) is 90.9 Å². The van der Waals surface area contributed by atoms with E-state index in [9.17, 15) is 9.90 Å². The van der Waals surface area contributed by atoms with Crippen molar-refractivity contribution in [1.82, 2.24) is 0 Å². The van der Waals surface area contributed by atoms with Gasteiger partial charge in [0.1, 0.15) is 11.5 Å². The van der Waals surface area contributed by atoms with Crippen LogP contribution in [0.2, 0.25) is 0 Å². The first-order valence-electron chi connectivity index (χ1n) is 8.91. The Kier molecular flexibility index (Phi) is 9.69. The van der Waals surface area contributed by atoms with Crippen LogP contribution in [0.15, 0.2) is 10.5 Å². The number of unbranched alkanes of at least 4 members (excludes halogenated alkanes) is 7. The summed E-state index contributed by atoms with van der Waals surface area (Å²) in [5.74, 6) is 1.37. The highest BCUT2D eigenvalue weighted by Crippen LogP contribution is 2.19. The Morgan fingerprint density at radius 1 is 1.00 bits per heavy atom. The minimum atomic E-state index is -0.928. The average molecular weight is 307 g/mol. The van der Waals surface area contributed by atoms with Gasteiger partial charge < -0.3 is 14.3 Å². The molecule has 0 aliphatic carbocycles. The number of hydrogen-bond acceptors (Lipinski definition) is 3. The van der Waals surface area contributed by atoms with Gasteiger partial charge in [-0.05, 0) is 44.2 Å². The molecule has 0 saturated carbocycles. The molecule has 1 heterocycles. The monoisotopic (exact) mass is 307 g/mol. The van der Waals surface area contributed by atoms with Gasteiger partial charge in [-0.3, -0.25) is 0 Å². The second-order valence-corrected chi connectivity index (χ2v) is 6.27. The number of carbonyl (C=O) groups is 1. The van der Waals surface area contributed by atoms with Gasteiger partial charge in [-0.25, -0.2) is 0 Å². The Bertz CT molecular complexity index is 420. The smallest absolute Gasteiger partial charge is 0.107 e. The third-order valence-electron chi connectivity index (χ3n) is 4.13. The molecule has 0 spiro atoms. The number of aliphatic carboxylic acids is 1. The Balaban J connectivity index is 2.10. The molecule has 1 rings (SSSR count). The molecule has 126 valence electrons. The number of carboxylic acids is 1. The Morgan fingerprint density at radius 3 is 2.32 bits per heavy atom. The molecule has 3 heteroatoms. The maximum atomic E-state index is 10.3. The summed E-state index contributed by atoms with van der Waals surface area (Å²) in [5, 5.41) is 10.3. The number of hydrogen-bond donors (Lipinski definition) is 0. The maximum absolute atomic E-state index is 10.3. The van der Waals surface area contributed by atoms with Crippen LogP contribution in [0.1, 0.15) is 88.2 Å². The third kappa shape index (κ3) is 8.26. The van der Waals surface area contributed by atoms with E-state index in [1.807, 2.05) is 0 Å². The van der Waals surface area contributed by atoms with Crippen molar-refractivity contribution in [3.8, 4) is 0 Å². The van der Waals surface area contributed by atoms with Crippen LogP contribution < -0.4 is 5.11 Å². The van der Waals surface area contributed by atoms with Gasteiger partial charge >= 0.3 is 0 Å². The summed E-state index contributed by atoms with van der Waals surface area (Å²) < 4.78 is 5.96.